The minimum Gasteiger partial charge on any atom is -0.508 e. The van der Waals surface area contributed by atoms with Crippen LogP contribution in [0.5, 0.6) is 11.5 Å². The molecule has 0 heterocycles. The number of aromatic hydroxyl groups is 1. The Bertz CT molecular complexity index is 631. The van der Waals surface area contributed by atoms with E-state index in [1.54, 1.807) is 30.3 Å². The van der Waals surface area contributed by atoms with Gasteiger partial charge in [0.1, 0.15) is 5.75 Å². The van der Waals surface area contributed by atoms with Gasteiger partial charge in [-0.1, -0.05) is 24.3 Å². The van der Waals surface area contributed by atoms with E-state index in [1.807, 2.05) is 6.07 Å². The summed E-state index contributed by atoms with van der Waals surface area (Å²) in [4.78, 5) is 11.6. The predicted molar refractivity (Wildman–Crippen MR) is 81.3 cm³/mol. The molecule has 2 rings (SSSR count). The topological polar surface area (TPSA) is 58.6 Å². The van der Waals surface area contributed by atoms with E-state index in [0.717, 1.165) is 18.4 Å². The summed E-state index contributed by atoms with van der Waals surface area (Å²) in [6, 6.07) is 13.0. The number of carbonyl (C=O) groups is 1. The van der Waals surface area contributed by atoms with Gasteiger partial charge >= 0.3 is 0 Å². The molecular formula is C17H18FNO3. The molecule has 0 aromatic heterocycles. The lowest BCUT2D eigenvalue weighted by Gasteiger charge is -2.08. The van der Waals surface area contributed by atoms with Crippen LogP contribution in [0.3, 0.4) is 0 Å². The lowest BCUT2D eigenvalue weighted by atomic mass is 10.1. The average molecular weight is 303 g/mol. The van der Waals surface area contributed by atoms with Crippen LogP contribution in [0.15, 0.2) is 48.5 Å². The Kier molecular flexibility index (Phi) is 5.77. The van der Waals surface area contributed by atoms with E-state index >= 15 is 0 Å². The van der Waals surface area contributed by atoms with E-state index < -0.39 is 5.82 Å². The fourth-order valence-electron chi connectivity index (χ4n) is 1.99. The van der Waals surface area contributed by atoms with Gasteiger partial charge in [-0.15, -0.1) is 0 Å². The third-order valence-electron chi connectivity index (χ3n) is 3.07. The molecule has 2 aromatic carbocycles. The third-order valence-corrected chi connectivity index (χ3v) is 3.07. The summed E-state index contributed by atoms with van der Waals surface area (Å²) < 4.78 is 18.4. The van der Waals surface area contributed by atoms with Crippen LogP contribution in [0.2, 0.25) is 0 Å². The number of hydrogen-bond donors (Lipinski definition) is 2. The Morgan fingerprint density at radius 2 is 2.00 bits per heavy atom. The SMILES string of the molecule is O=C(COc1ccccc1F)NCCCc1cccc(O)c1. The van der Waals surface area contributed by atoms with Crippen molar-refractivity contribution in [2.45, 2.75) is 12.8 Å². The van der Waals surface area contributed by atoms with Gasteiger partial charge in [-0.2, -0.15) is 0 Å². The molecule has 0 aliphatic carbocycles. The van der Waals surface area contributed by atoms with Gasteiger partial charge in [0.05, 0.1) is 0 Å². The van der Waals surface area contributed by atoms with Crippen LogP contribution in [0, 0.1) is 5.82 Å². The molecule has 0 spiro atoms. The number of phenolic OH excluding ortho intramolecular Hbond substituents is 1. The summed E-state index contributed by atoms with van der Waals surface area (Å²) in [6.07, 6.45) is 1.50. The van der Waals surface area contributed by atoms with Crippen LogP contribution in [0.1, 0.15) is 12.0 Å². The van der Waals surface area contributed by atoms with Crippen LogP contribution in [0.25, 0.3) is 0 Å². The molecule has 0 radical (unpaired) electrons. The second-order valence-electron chi connectivity index (χ2n) is 4.84. The van der Waals surface area contributed by atoms with Crippen molar-refractivity contribution >= 4 is 5.91 Å². The minimum atomic E-state index is -0.487. The number of benzene rings is 2. The quantitative estimate of drug-likeness (QED) is 0.773. The summed E-state index contributed by atoms with van der Waals surface area (Å²) in [5.74, 6) is -0.476. The first kappa shape index (κ1) is 15.8. The summed E-state index contributed by atoms with van der Waals surface area (Å²) in [6.45, 7) is 0.280. The summed E-state index contributed by atoms with van der Waals surface area (Å²) in [5, 5.41) is 12.0. The molecule has 0 fully saturated rings. The van der Waals surface area contributed by atoms with Crippen molar-refractivity contribution in [2.75, 3.05) is 13.2 Å². The maximum Gasteiger partial charge on any atom is 0.257 e. The van der Waals surface area contributed by atoms with Crippen LogP contribution in [-0.4, -0.2) is 24.2 Å². The van der Waals surface area contributed by atoms with Crippen molar-refractivity contribution in [1.29, 1.82) is 0 Å². The number of nitrogens with one attached hydrogen (secondary N) is 1. The van der Waals surface area contributed by atoms with Crippen molar-refractivity contribution in [3.63, 3.8) is 0 Å². The maximum atomic E-state index is 13.3. The highest BCUT2D eigenvalue weighted by atomic mass is 19.1. The first-order valence-electron chi connectivity index (χ1n) is 7.07. The molecule has 1 amide bonds. The van der Waals surface area contributed by atoms with Gasteiger partial charge in [0.25, 0.3) is 5.91 Å². The summed E-state index contributed by atoms with van der Waals surface area (Å²) >= 11 is 0. The molecule has 116 valence electrons. The fourth-order valence-corrected chi connectivity index (χ4v) is 1.99. The molecule has 22 heavy (non-hydrogen) atoms. The van der Waals surface area contributed by atoms with E-state index in [2.05, 4.69) is 5.32 Å². The fraction of sp³-hybridized carbons (Fsp3) is 0.235. The number of phenols is 1. The number of aryl methyl sites for hydroxylation is 1. The number of carbonyl (C=O) groups excluding carboxylic acids is 1. The third kappa shape index (κ3) is 5.09. The Morgan fingerprint density at radius 3 is 2.77 bits per heavy atom. The highest BCUT2D eigenvalue weighted by Crippen LogP contribution is 2.15. The minimum absolute atomic E-state index is 0.0670. The van der Waals surface area contributed by atoms with E-state index in [0.29, 0.717) is 6.54 Å². The van der Waals surface area contributed by atoms with Gasteiger partial charge in [0.15, 0.2) is 18.2 Å². The Balaban J connectivity index is 1.65. The molecular weight excluding hydrogens is 285 g/mol. The normalized spacial score (nSPS) is 10.2. The first-order valence-corrected chi connectivity index (χ1v) is 7.07. The lowest BCUT2D eigenvalue weighted by Crippen LogP contribution is -2.30. The Hall–Kier alpha value is -2.56. The van der Waals surface area contributed by atoms with Gasteiger partial charge < -0.3 is 15.2 Å². The predicted octanol–water partition coefficient (Wildman–Crippen LogP) is 2.66. The molecule has 0 bridgehead atoms. The second kappa shape index (κ2) is 8.02. The smallest absolute Gasteiger partial charge is 0.257 e. The summed E-state index contributed by atoms with van der Waals surface area (Å²) in [5.41, 5.74) is 1.01. The van der Waals surface area contributed by atoms with Gasteiger partial charge in [0.2, 0.25) is 0 Å². The van der Waals surface area contributed by atoms with E-state index in [4.69, 9.17) is 4.74 Å². The number of amides is 1. The van der Waals surface area contributed by atoms with Gasteiger partial charge in [0, 0.05) is 6.54 Å². The molecule has 0 saturated carbocycles. The van der Waals surface area contributed by atoms with Crippen molar-refractivity contribution in [3.05, 3.63) is 59.9 Å². The van der Waals surface area contributed by atoms with Crippen molar-refractivity contribution in [3.8, 4) is 11.5 Å². The largest absolute Gasteiger partial charge is 0.508 e. The monoisotopic (exact) mass is 303 g/mol. The number of ether oxygens (including phenoxy) is 1. The van der Waals surface area contributed by atoms with Gasteiger partial charge in [-0.05, 0) is 42.7 Å². The molecule has 0 saturated heterocycles. The molecule has 0 unspecified atom stereocenters. The van der Waals surface area contributed by atoms with Crippen LogP contribution >= 0.6 is 0 Å². The molecule has 5 heteroatoms. The first-order chi connectivity index (χ1) is 10.6. The molecule has 0 aliphatic rings. The van der Waals surface area contributed by atoms with Crippen molar-refractivity contribution in [1.82, 2.24) is 5.32 Å². The number of hydrogen-bond acceptors (Lipinski definition) is 3. The van der Waals surface area contributed by atoms with E-state index in [9.17, 15) is 14.3 Å². The molecule has 4 nitrogen and oxygen atoms in total. The molecule has 2 aromatic rings. The molecule has 2 N–H and O–H groups in total. The number of rotatable bonds is 7. The zero-order valence-corrected chi connectivity index (χ0v) is 12.1. The Labute approximate surface area is 128 Å². The van der Waals surface area contributed by atoms with Crippen LogP contribution in [0.4, 0.5) is 4.39 Å². The zero-order chi connectivity index (χ0) is 15.8. The zero-order valence-electron chi connectivity index (χ0n) is 12.1. The number of halogens is 1. The lowest BCUT2D eigenvalue weighted by molar-refractivity contribution is -0.123. The Morgan fingerprint density at radius 1 is 1.18 bits per heavy atom. The standard InChI is InChI=1S/C17H18FNO3/c18-15-8-1-2-9-16(15)22-12-17(21)19-10-4-6-13-5-3-7-14(20)11-13/h1-3,5,7-9,11,20H,4,6,10,12H2,(H,19,21). The second-order valence-corrected chi connectivity index (χ2v) is 4.84. The highest BCUT2D eigenvalue weighted by Gasteiger charge is 2.05. The van der Waals surface area contributed by atoms with Crippen molar-refractivity contribution in [2.24, 2.45) is 0 Å². The average Bonchev–Trinajstić information content (AvgIpc) is 2.51. The highest BCUT2D eigenvalue weighted by molar-refractivity contribution is 5.77. The van der Waals surface area contributed by atoms with Crippen LogP contribution in [-0.2, 0) is 11.2 Å². The van der Waals surface area contributed by atoms with E-state index in [1.165, 1.54) is 12.1 Å². The molecule has 0 aliphatic heterocycles. The van der Waals surface area contributed by atoms with Gasteiger partial charge in [-0.3, -0.25) is 4.79 Å². The summed E-state index contributed by atoms with van der Waals surface area (Å²) in [7, 11) is 0. The van der Waals surface area contributed by atoms with Crippen LogP contribution < -0.4 is 10.1 Å². The van der Waals surface area contributed by atoms with Crippen molar-refractivity contribution < 1.29 is 19.0 Å². The number of para-hydroxylation sites is 1. The van der Waals surface area contributed by atoms with E-state index in [-0.39, 0.29) is 24.0 Å². The molecule has 0 atom stereocenters. The van der Waals surface area contributed by atoms with Gasteiger partial charge in [-0.25, -0.2) is 4.39 Å². The maximum absolute atomic E-state index is 13.3.